The second kappa shape index (κ2) is 5.98. The van der Waals surface area contributed by atoms with Gasteiger partial charge >= 0.3 is 6.09 Å². The molecule has 0 radical (unpaired) electrons. The molecule has 0 aliphatic heterocycles. The van der Waals surface area contributed by atoms with Crippen molar-refractivity contribution in [3.05, 3.63) is 35.2 Å². The van der Waals surface area contributed by atoms with Gasteiger partial charge in [-0.15, -0.1) is 11.3 Å². The summed E-state index contributed by atoms with van der Waals surface area (Å²) in [6.07, 6.45) is -0.442. The van der Waals surface area contributed by atoms with Crippen molar-refractivity contribution >= 4 is 27.5 Å². The number of thiophene rings is 1. The molecule has 1 aromatic carbocycles. The molecule has 0 aliphatic rings. The first-order valence-electron chi connectivity index (χ1n) is 6.38. The number of amides is 1. The van der Waals surface area contributed by atoms with Gasteiger partial charge in [0.2, 0.25) is 0 Å². The SMILES string of the molecule is CC(C)(C)OC(=O)NCC#Cc1cc2ccccc2s1. The quantitative estimate of drug-likeness (QED) is 0.811. The van der Waals surface area contributed by atoms with Crippen LogP contribution in [0.4, 0.5) is 4.79 Å². The normalized spacial score (nSPS) is 10.8. The van der Waals surface area contributed by atoms with Gasteiger partial charge in [0.25, 0.3) is 0 Å². The highest BCUT2D eigenvalue weighted by Crippen LogP contribution is 2.24. The number of fused-ring (bicyclic) bond motifs is 1. The van der Waals surface area contributed by atoms with Crippen LogP contribution in [0.2, 0.25) is 0 Å². The van der Waals surface area contributed by atoms with Gasteiger partial charge in [-0.2, -0.15) is 0 Å². The van der Waals surface area contributed by atoms with Gasteiger partial charge in [0.15, 0.2) is 0 Å². The monoisotopic (exact) mass is 287 g/mol. The number of hydrogen-bond acceptors (Lipinski definition) is 3. The third kappa shape index (κ3) is 4.29. The minimum atomic E-state index is -0.483. The number of benzene rings is 1. The number of rotatable bonds is 1. The summed E-state index contributed by atoms with van der Waals surface area (Å²) < 4.78 is 6.34. The first-order valence-corrected chi connectivity index (χ1v) is 7.20. The maximum absolute atomic E-state index is 11.4. The van der Waals surface area contributed by atoms with Crippen LogP contribution in [0.15, 0.2) is 30.3 Å². The molecule has 0 saturated heterocycles. The fourth-order valence-electron chi connectivity index (χ4n) is 1.61. The summed E-state index contributed by atoms with van der Waals surface area (Å²) in [5.74, 6) is 5.98. The lowest BCUT2D eigenvalue weighted by atomic mass is 10.2. The van der Waals surface area contributed by atoms with E-state index in [1.165, 1.54) is 10.1 Å². The van der Waals surface area contributed by atoms with Gasteiger partial charge in [0.1, 0.15) is 5.60 Å². The van der Waals surface area contributed by atoms with Crippen LogP contribution in [-0.2, 0) is 4.74 Å². The van der Waals surface area contributed by atoms with Crippen molar-refractivity contribution < 1.29 is 9.53 Å². The average molecular weight is 287 g/mol. The molecule has 1 heterocycles. The molecule has 3 nitrogen and oxygen atoms in total. The van der Waals surface area contributed by atoms with Gasteiger partial charge in [-0.1, -0.05) is 30.0 Å². The highest BCUT2D eigenvalue weighted by Gasteiger charge is 2.14. The Morgan fingerprint density at radius 1 is 1.35 bits per heavy atom. The molecular formula is C16H17NO2S. The van der Waals surface area contributed by atoms with Gasteiger partial charge in [-0.3, -0.25) is 0 Å². The predicted octanol–water partition coefficient (Wildman–Crippen LogP) is 3.78. The number of hydrogen-bond donors (Lipinski definition) is 1. The van der Waals surface area contributed by atoms with E-state index in [1.807, 2.05) is 32.9 Å². The number of alkyl carbamates (subject to hydrolysis) is 1. The van der Waals surface area contributed by atoms with Crippen molar-refractivity contribution in [2.45, 2.75) is 26.4 Å². The molecule has 1 aromatic heterocycles. The lowest BCUT2D eigenvalue weighted by molar-refractivity contribution is 0.0535. The van der Waals surface area contributed by atoms with E-state index in [-0.39, 0.29) is 6.54 Å². The van der Waals surface area contributed by atoms with Crippen LogP contribution in [0.1, 0.15) is 25.6 Å². The maximum Gasteiger partial charge on any atom is 0.408 e. The molecule has 20 heavy (non-hydrogen) atoms. The fraction of sp³-hybridized carbons (Fsp3) is 0.312. The van der Waals surface area contributed by atoms with Crippen molar-refractivity contribution in [3.63, 3.8) is 0 Å². The molecule has 0 atom stereocenters. The van der Waals surface area contributed by atoms with E-state index >= 15 is 0 Å². The summed E-state index contributed by atoms with van der Waals surface area (Å²) in [5.41, 5.74) is -0.483. The van der Waals surface area contributed by atoms with Crippen LogP contribution in [0.5, 0.6) is 0 Å². The van der Waals surface area contributed by atoms with Crippen LogP contribution in [0.25, 0.3) is 10.1 Å². The Morgan fingerprint density at radius 2 is 2.10 bits per heavy atom. The van der Waals surface area contributed by atoms with Crippen molar-refractivity contribution in [2.24, 2.45) is 0 Å². The van der Waals surface area contributed by atoms with Gasteiger partial charge in [0.05, 0.1) is 11.4 Å². The minimum Gasteiger partial charge on any atom is -0.444 e. The van der Waals surface area contributed by atoms with E-state index in [0.29, 0.717) is 0 Å². The second-order valence-corrected chi connectivity index (χ2v) is 6.39. The van der Waals surface area contributed by atoms with E-state index in [2.05, 4.69) is 35.4 Å². The van der Waals surface area contributed by atoms with Crippen molar-refractivity contribution in [3.8, 4) is 11.8 Å². The van der Waals surface area contributed by atoms with Gasteiger partial charge < -0.3 is 10.1 Å². The Kier molecular flexibility index (Phi) is 4.31. The average Bonchev–Trinajstić information content (AvgIpc) is 2.75. The van der Waals surface area contributed by atoms with E-state index in [4.69, 9.17) is 4.74 Å². The Hall–Kier alpha value is -1.99. The topological polar surface area (TPSA) is 38.3 Å². The van der Waals surface area contributed by atoms with Crippen molar-refractivity contribution in [1.82, 2.24) is 5.32 Å². The molecule has 0 fully saturated rings. The van der Waals surface area contributed by atoms with E-state index < -0.39 is 11.7 Å². The summed E-state index contributed by atoms with van der Waals surface area (Å²) in [6.45, 7) is 5.77. The van der Waals surface area contributed by atoms with Crippen molar-refractivity contribution in [2.75, 3.05) is 6.54 Å². The maximum atomic E-state index is 11.4. The molecule has 4 heteroatoms. The number of ether oxygens (including phenoxy) is 1. The second-order valence-electron chi connectivity index (χ2n) is 5.31. The Morgan fingerprint density at radius 3 is 2.80 bits per heavy atom. The lowest BCUT2D eigenvalue weighted by Crippen LogP contribution is -2.32. The van der Waals surface area contributed by atoms with Crippen LogP contribution < -0.4 is 5.32 Å². The molecule has 0 saturated carbocycles. The highest BCUT2D eigenvalue weighted by atomic mass is 32.1. The molecule has 1 N–H and O–H groups in total. The molecule has 0 spiro atoms. The van der Waals surface area contributed by atoms with E-state index in [1.54, 1.807) is 11.3 Å². The summed E-state index contributed by atoms with van der Waals surface area (Å²) in [4.78, 5) is 12.4. The van der Waals surface area contributed by atoms with Crippen molar-refractivity contribution in [1.29, 1.82) is 0 Å². The van der Waals surface area contributed by atoms with Crippen LogP contribution >= 0.6 is 11.3 Å². The summed E-state index contributed by atoms with van der Waals surface area (Å²) >= 11 is 1.65. The molecule has 1 amide bonds. The summed E-state index contributed by atoms with van der Waals surface area (Å²) in [6, 6.07) is 10.2. The molecule has 0 bridgehead atoms. The standard InChI is InChI=1S/C16H17NO2S/c1-16(2,3)19-15(18)17-10-6-8-13-11-12-7-4-5-9-14(12)20-13/h4-5,7,9,11H,10H2,1-3H3,(H,17,18). The molecule has 0 aliphatic carbocycles. The van der Waals surface area contributed by atoms with Crippen LogP contribution in [-0.4, -0.2) is 18.2 Å². The molecular weight excluding hydrogens is 270 g/mol. The molecule has 2 rings (SSSR count). The number of nitrogens with one attached hydrogen (secondary N) is 1. The lowest BCUT2D eigenvalue weighted by Gasteiger charge is -2.18. The zero-order valence-electron chi connectivity index (χ0n) is 11.8. The Bertz CT molecular complexity index is 638. The van der Waals surface area contributed by atoms with E-state index in [9.17, 15) is 4.79 Å². The molecule has 2 aromatic rings. The molecule has 0 unspecified atom stereocenters. The summed E-state index contributed by atoms with van der Waals surface area (Å²) in [7, 11) is 0. The first kappa shape index (κ1) is 14.4. The summed E-state index contributed by atoms with van der Waals surface area (Å²) in [5, 5.41) is 3.81. The zero-order valence-corrected chi connectivity index (χ0v) is 12.6. The Labute approximate surface area is 122 Å². The third-order valence-electron chi connectivity index (χ3n) is 2.36. The molecule has 104 valence electrons. The van der Waals surface area contributed by atoms with Gasteiger partial charge in [0, 0.05) is 4.70 Å². The predicted molar refractivity (Wildman–Crippen MR) is 82.9 cm³/mol. The smallest absolute Gasteiger partial charge is 0.408 e. The van der Waals surface area contributed by atoms with Crippen LogP contribution in [0, 0.1) is 11.8 Å². The number of carbonyl (C=O) groups excluding carboxylic acids is 1. The fourth-order valence-corrected chi connectivity index (χ4v) is 2.54. The van der Waals surface area contributed by atoms with E-state index in [0.717, 1.165) is 4.88 Å². The zero-order chi connectivity index (χ0) is 14.6. The highest BCUT2D eigenvalue weighted by molar-refractivity contribution is 7.19. The first-order chi connectivity index (χ1) is 9.44. The largest absolute Gasteiger partial charge is 0.444 e. The van der Waals surface area contributed by atoms with Gasteiger partial charge in [-0.05, 0) is 38.3 Å². The minimum absolute atomic E-state index is 0.281. The third-order valence-corrected chi connectivity index (χ3v) is 3.39. The number of carbonyl (C=O) groups is 1. The van der Waals surface area contributed by atoms with Crippen LogP contribution in [0.3, 0.4) is 0 Å². The van der Waals surface area contributed by atoms with Gasteiger partial charge in [-0.25, -0.2) is 4.79 Å². The Balaban J connectivity index is 1.90.